The number of amides is 3. The van der Waals surface area contributed by atoms with Gasteiger partial charge in [0, 0.05) is 44.1 Å². The van der Waals surface area contributed by atoms with Crippen LogP contribution in [0, 0.1) is 5.92 Å². The number of ether oxygens (including phenoxy) is 2. The maximum atomic E-state index is 12.4. The van der Waals surface area contributed by atoms with Gasteiger partial charge in [0.25, 0.3) is 0 Å². The van der Waals surface area contributed by atoms with E-state index in [1.807, 2.05) is 32.1 Å². The van der Waals surface area contributed by atoms with E-state index in [-0.39, 0.29) is 29.9 Å². The molecule has 1 aromatic carbocycles. The molecule has 42 heavy (non-hydrogen) atoms. The Balaban J connectivity index is 0.000000250. The Kier molecular flexibility index (Phi) is 15.4. The van der Waals surface area contributed by atoms with Crippen LogP contribution in [0.2, 0.25) is 5.02 Å². The zero-order valence-corrected chi connectivity index (χ0v) is 26.0. The molecule has 1 saturated heterocycles. The Morgan fingerprint density at radius 1 is 1.17 bits per heavy atom. The molecule has 3 heterocycles. The summed E-state index contributed by atoms with van der Waals surface area (Å²) in [4.78, 5) is 48.2. The molecular weight excluding hydrogens is 562 g/mol. The van der Waals surface area contributed by atoms with Crippen LogP contribution in [0.15, 0.2) is 30.4 Å². The number of nitrogens with zero attached hydrogens (tertiary/aromatic N) is 2. The average molecular weight is 608 g/mol. The van der Waals surface area contributed by atoms with Crippen molar-refractivity contribution in [3.05, 3.63) is 46.5 Å². The lowest BCUT2D eigenvalue weighted by Crippen LogP contribution is -2.46. The molecule has 1 saturated carbocycles. The zero-order chi connectivity index (χ0) is 31.1. The van der Waals surface area contributed by atoms with Crippen molar-refractivity contribution in [3.8, 4) is 0 Å². The number of carboxylic acid groups (broad SMARTS) is 1. The predicted molar refractivity (Wildman–Crippen MR) is 161 cm³/mol. The summed E-state index contributed by atoms with van der Waals surface area (Å²) >= 11 is 5.92. The first-order valence-corrected chi connectivity index (χ1v) is 15.3. The summed E-state index contributed by atoms with van der Waals surface area (Å²) in [6, 6.07) is 5.53. The highest BCUT2D eigenvalue weighted by molar-refractivity contribution is 6.31. The normalized spacial score (nSPS) is 23.7. The van der Waals surface area contributed by atoms with E-state index in [0.29, 0.717) is 50.3 Å². The summed E-state index contributed by atoms with van der Waals surface area (Å²) in [5.74, 6) is 0.381. The van der Waals surface area contributed by atoms with E-state index < -0.39 is 6.09 Å². The van der Waals surface area contributed by atoms with E-state index in [0.717, 1.165) is 49.8 Å². The molecule has 0 radical (unpaired) electrons. The highest BCUT2D eigenvalue weighted by Crippen LogP contribution is 2.32. The number of carbonyl (C=O) groups is 4. The largest absolute Gasteiger partial charge is 0.466 e. The van der Waals surface area contributed by atoms with E-state index in [1.54, 1.807) is 17.9 Å². The third-order valence-corrected chi connectivity index (χ3v) is 7.47. The van der Waals surface area contributed by atoms with E-state index in [2.05, 4.69) is 16.1 Å². The smallest absolute Gasteiger partial charge is 0.407 e. The molecule has 1 aliphatic carbocycles. The van der Waals surface area contributed by atoms with Gasteiger partial charge in [-0.25, -0.2) is 4.79 Å². The number of esters is 1. The molecule has 1 aromatic rings. The third-order valence-electron chi connectivity index (χ3n) is 7.11. The molecule has 2 N–H and O–H groups in total. The minimum absolute atomic E-state index is 0.0351. The lowest BCUT2D eigenvalue weighted by Gasteiger charge is -2.24. The Morgan fingerprint density at radius 3 is 2.57 bits per heavy atom. The van der Waals surface area contributed by atoms with Crippen molar-refractivity contribution in [1.29, 1.82) is 0 Å². The molecular formula is C31H46ClN3O7. The Bertz CT molecular complexity index is 1080. The molecule has 3 aliphatic heterocycles. The molecule has 5 rings (SSSR count). The summed E-state index contributed by atoms with van der Waals surface area (Å²) < 4.78 is 9.92. The molecule has 11 heteroatoms. The first kappa shape index (κ1) is 35.1. The van der Waals surface area contributed by atoms with Crippen LogP contribution in [0.4, 0.5) is 4.79 Å². The summed E-state index contributed by atoms with van der Waals surface area (Å²) in [6.45, 7) is 10.6. The van der Waals surface area contributed by atoms with Crippen molar-refractivity contribution >= 4 is 35.5 Å². The van der Waals surface area contributed by atoms with Crippen LogP contribution in [0.3, 0.4) is 0 Å². The second-order valence-electron chi connectivity index (χ2n) is 10.2. The standard InChI is InChI=1S/C16H24N2O3.C9H8ClNO2.C4H8O2.C2H6/c19-15-7-1-2-9-21-10-4-5-12-11-13(12)17-16(20)14-6-3-8-18(14)15;10-8-3-1-2-6-4-11(9(12)13)5-7(6)8;1-3-6-4(2)5;1-2/h4-5,12-14H,1-3,6-11H2,(H,17,20);1-3H,4-5H2,(H,12,13);3H2,1-2H3;1-2H3/b5-4-;;;/t12-,13?,14?;;;/m1.../s1. The molecule has 0 aromatic heterocycles. The first-order valence-electron chi connectivity index (χ1n) is 14.9. The average Bonchev–Trinajstić information content (AvgIpc) is 3.32. The summed E-state index contributed by atoms with van der Waals surface area (Å²) in [7, 11) is 0. The number of carbonyl (C=O) groups excluding carboxylic acids is 3. The summed E-state index contributed by atoms with van der Waals surface area (Å²) in [5, 5.41) is 12.5. The van der Waals surface area contributed by atoms with E-state index in [1.165, 1.54) is 11.8 Å². The van der Waals surface area contributed by atoms with Gasteiger partial charge in [0.2, 0.25) is 11.8 Å². The number of hydrogen-bond acceptors (Lipinski definition) is 6. The van der Waals surface area contributed by atoms with E-state index in [9.17, 15) is 19.2 Å². The Morgan fingerprint density at radius 2 is 1.93 bits per heavy atom. The van der Waals surface area contributed by atoms with Crippen molar-refractivity contribution in [2.45, 2.75) is 91.4 Å². The topological polar surface area (TPSA) is 125 Å². The molecule has 3 amide bonds. The van der Waals surface area contributed by atoms with Crippen molar-refractivity contribution in [3.63, 3.8) is 0 Å². The summed E-state index contributed by atoms with van der Waals surface area (Å²) in [5.41, 5.74) is 1.95. The number of nitrogens with one attached hydrogen (secondary N) is 1. The monoisotopic (exact) mass is 607 g/mol. The highest BCUT2D eigenvalue weighted by atomic mass is 35.5. The fourth-order valence-electron chi connectivity index (χ4n) is 4.94. The van der Waals surface area contributed by atoms with E-state index in [4.69, 9.17) is 21.4 Å². The van der Waals surface area contributed by atoms with Crippen LogP contribution in [-0.2, 0) is 36.9 Å². The van der Waals surface area contributed by atoms with Crippen LogP contribution >= 0.6 is 11.6 Å². The van der Waals surface area contributed by atoms with E-state index >= 15 is 0 Å². The van der Waals surface area contributed by atoms with Crippen molar-refractivity contribution in [1.82, 2.24) is 15.1 Å². The minimum Gasteiger partial charge on any atom is -0.466 e. The number of fused-ring (bicyclic) bond motifs is 3. The van der Waals surface area contributed by atoms with Gasteiger partial charge in [-0.05, 0) is 62.1 Å². The Hall–Kier alpha value is -3.11. The van der Waals surface area contributed by atoms with Gasteiger partial charge < -0.3 is 24.8 Å². The van der Waals surface area contributed by atoms with Crippen molar-refractivity contribution in [2.24, 2.45) is 5.92 Å². The van der Waals surface area contributed by atoms with Gasteiger partial charge in [-0.15, -0.1) is 0 Å². The molecule has 234 valence electrons. The molecule has 0 bridgehead atoms. The molecule has 2 unspecified atom stereocenters. The van der Waals surface area contributed by atoms with Gasteiger partial charge in [-0.2, -0.15) is 0 Å². The van der Waals surface area contributed by atoms with Crippen LogP contribution in [0.1, 0.15) is 77.3 Å². The number of benzene rings is 1. The third kappa shape index (κ3) is 11.3. The molecule has 10 nitrogen and oxygen atoms in total. The van der Waals surface area contributed by atoms with Gasteiger partial charge in [-0.3, -0.25) is 19.3 Å². The SMILES string of the molecule is CC.CCOC(C)=O.O=C(O)N1Cc2cccc(Cl)c2C1.O=C1NC2C[C@H]2/C=C\COCCCCC(=O)N2CCCC12. The second-order valence-corrected chi connectivity index (χ2v) is 10.6. The van der Waals surface area contributed by atoms with Crippen molar-refractivity contribution in [2.75, 3.05) is 26.4 Å². The zero-order valence-electron chi connectivity index (χ0n) is 25.3. The second kappa shape index (κ2) is 18.4. The summed E-state index contributed by atoms with van der Waals surface area (Å²) in [6.07, 6.45) is 8.28. The van der Waals surface area contributed by atoms with Crippen LogP contribution < -0.4 is 5.32 Å². The maximum Gasteiger partial charge on any atom is 0.407 e. The Labute approximate surface area is 254 Å². The molecule has 4 aliphatic rings. The number of rotatable bonds is 1. The maximum absolute atomic E-state index is 12.4. The highest BCUT2D eigenvalue weighted by Gasteiger charge is 2.40. The van der Waals surface area contributed by atoms with Gasteiger partial charge in [0.05, 0.1) is 19.8 Å². The number of halogens is 1. The van der Waals surface area contributed by atoms with Crippen LogP contribution in [0.5, 0.6) is 0 Å². The fourth-order valence-corrected chi connectivity index (χ4v) is 5.19. The molecule has 3 atom stereocenters. The lowest BCUT2D eigenvalue weighted by molar-refractivity contribution is -0.140. The van der Waals surface area contributed by atoms with Gasteiger partial charge in [-0.1, -0.05) is 49.7 Å². The predicted octanol–water partition coefficient (Wildman–Crippen LogP) is 5.17. The van der Waals surface area contributed by atoms with Crippen LogP contribution in [0.25, 0.3) is 0 Å². The minimum atomic E-state index is -0.896. The van der Waals surface area contributed by atoms with Gasteiger partial charge in [0.1, 0.15) is 6.04 Å². The van der Waals surface area contributed by atoms with Gasteiger partial charge >= 0.3 is 12.1 Å². The first-order chi connectivity index (χ1) is 20.2. The number of hydrogen-bond donors (Lipinski definition) is 2. The fraction of sp³-hybridized carbons (Fsp3) is 0.613. The van der Waals surface area contributed by atoms with Gasteiger partial charge in [0.15, 0.2) is 0 Å². The quantitative estimate of drug-likeness (QED) is 0.333. The van der Waals surface area contributed by atoms with Crippen molar-refractivity contribution < 1.29 is 33.8 Å². The van der Waals surface area contributed by atoms with Crippen LogP contribution in [-0.4, -0.2) is 77.2 Å². The molecule has 0 spiro atoms. The lowest BCUT2D eigenvalue weighted by atomic mass is 10.1. The molecule has 2 fully saturated rings.